The second kappa shape index (κ2) is 8.46. The maximum Gasteiger partial charge on any atom is 0.248 e. The Bertz CT molecular complexity index is 877. The second-order valence-electron chi connectivity index (χ2n) is 9.14. The number of rotatable bonds is 5. The number of hydrogen-bond acceptors (Lipinski definition) is 4. The normalized spacial score (nSPS) is 24.9. The van der Waals surface area contributed by atoms with Crippen LogP contribution < -0.4 is 10.2 Å². The molecule has 1 amide bonds. The van der Waals surface area contributed by atoms with Crippen molar-refractivity contribution in [2.24, 2.45) is 10.4 Å². The Kier molecular flexibility index (Phi) is 5.92. The summed E-state index contributed by atoms with van der Waals surface area (Å²) in [7, 11) is 0. The second-order valence-corrected chi connectivity index (χ2v) is 9.58. The Morgan fingerprint density at radius 2 is 1.93 bits per heavy atom. The molecule has 5 nitrogen and oxygen atoms in total. The van der Waals surface area contributed by atoms with Gasteiger partial charge in [-0.05, 0) is 54.5 Å². The average molecular weight is 427 g/mol. The van der Waals surface area contributed by atoms with Crippen LogP contribution in [0.25, 0.3) is 0 Å². The van der Waals surface area contributed by atoms with E-state index >= 15 is 0 Å². The highest BCUT2D eigenvalue weighted by molar-refractivity contribution is 6.31. The number of benzene rings is 1. The summed E-state index contributed by atoms with van der Waals surface area (Å²) in [6.07, 6.45) is 8.57. The van der Waals surface area contributed by atoms with Gasteiger partial charge in [0.2, 0.25) is 5.91 Å². The molecule has 1 aromatic carbocycles. The van der Waals surface area contributed by atoms with Crippen molar-refractivity contribution in [2.45, 2.75) is 58.8 Å². The number of hydrogen-bond donors (Lipinski definition) is 1. The minimum Gasteiger partial charge on any atom is -0.371 e. The quantitative estimate of drug-likeness (QED) is 0.757. The third-order valence-corrected chi connectivity index (χ3v) is 6.68. The summed E-state index contributed by atoms with van der Waals surface area (Å²) >= 11 is 6.10. The number of allylic oxidation sites excluding steroid dienone is 2. The number of anilines is 1. The molecular formula is C24H31ClN4O. The fourth-order valence-electron chi connectivity index (χ4n) is 4.34. The van der Waals surface area contributed by atoms with Gasteiger partial charge in [-0.2, -0.15) is 0 Å². The van der Waals surface area contributed by atoms with Crippen molar-refractivity contribution in [3.05, 3.63) is 53.2 Å². The highest BCUT2D eigenvalue weighted by Crippen LogP contribution is 2.32. The van der Waals surface area contributed by atoms with Gasteiger partial charge in [-0.25, -0.2) is 0 Å². The maximum atomic E-state index is 13.0. The number of carbonyl (C=O) groups excluding carboxylic acids is 1. The van der Waals surface area contributed by atoms with Crippen LogP contribution in [0.3, 0.4) is 0 Å². The number of aliphatic imine (C=N–C) groups is 1. The molecule has 2 atom stereocenters. The molecule has 4 rings (SSSR count). The SMILES string of the molecule is CCC1=NC2C=C(Cl)C=CN2C1C(=O)NCc1ccc(N2CCC(C)(C)CC2)cc1. The smallest absolute Gasteiger partial charge is 0.248 e. The summed E-state index contributed by atoms with van der Waals surface area (Å²) in [4.78, 5) is 22.1. The first-order valence-corrected chi connectivity index (χ1v) is 11.3. The highest BCUT2D eigenvalue weighted by atomic mass is 35.5. The lowest BCUT2D eigenvalue weighted by Crippen LogP contribution is -2.47. The van der Waals surface area contributed by atoms with E-state index in [1.54, 1.807) is 0 Å². The Hall–Kier alpha value is -2.27. The lowest BCUT2D eigenvalue weighted by atomic mass is 9.82. The molecule has 0 bridgehead atoms. The van der Waals surface area contributed by atoms with Crippen molar-refractivity contribution in [1.82, 2.24) is 10.2 Å². The third-order valence-electron chi connectivity index (χ3n) is 6.43. The minimum atomic E-state index is -0.367. The van der Waals surface area contributed by atoms with E-state index in [-0.39, 0.29) is 18.1 Å². The molecule has 0 aliphatic carbocycles. The zero-order valence-electron chi connectivity index (χ0n) is 18.1. The molecule has 1 N–H and O–H groups in total. The van der Waals surface area contributed by atoms with Gasteiger partial charge >= 0.3 is 0 Å². The van der Waals surface area contributed by atoms with Crippen molar-refractivity contribution in [3.63, 3.8) is 0 Å². The number of halogens is 1. The minimum absolute atomic E-state index is 0.0171. The first kappa shape index (κ1) is 21.0. The van der Waals surface area contributed by atoms with E-state index in [9.17, 15) is 4.79 Å². The molecule has 160 valence electrons. The summed E-state index contributed by atoms with van der Waals surface area (Å²) in [5.74, 6) is -0.0171. The van der Waals surface area contributed by atoms with Crippen LogP contribution in [0.15, 0.2) is 52.6 Å². The molecule has 0 saturated carbocycles. The Morgan fingerprint density at radius 3 is 2.60 bits per heavy atom. The molecule has 1 aromatic rings. The van der Waals surface area contributed by atoms with Crippen LogP contribution in [0, 0.1) is 5.41 Å². The first-order chi connectivity index (χ1) is 14.4. The predicted molar refractivity (Wildman–Crippen MR) is 124 cm³/mol. The van der Waals surface area contributed by atoms with Crippen molar-refractivity contribution < 1.29 is 4.79 Å². The van der Waals surface area contributed by atoms with Crippen LogP contribution in [0.4, 0.5) is 5.69 Å². The average Bonchev–Trinajstić information content (AvgIpc) is 3.10. The lowest BCUT2D eigenvalue weighted by Gasteiger charge is -2.38. The van der Waals surface area contributed by atoms with Gasteiger partial charge in [-0.1, -0.05) is 44.5 Å². The van der Waals surface area contributed by atoms with Crippen LogP contribution in [-0.4, -0.2) is 41.8 Å². The van der Waals surface area contributed by atoms with Gasteiger partial charge in [-0.3, -0.25) is 9.79 Å². The number of piperidine rings is 1. The fourth-order valence-corrected chi connectivity index (χ4v) is 4.51. The van der Waals surface area contributed by atoms with Gasteiger partial charge in [0.15, 0.2) is 0 Å². The van der Waals surface area contributed by atoms with Crippen LogP contribution in [-0.2, 0) is 11.3 Å². The topological polar surface area (TPSA) is 47.9 Å². The van der Waals surface area contributed by atoms with Gasteiger partial charge in [0.1, 0.15) is 12.2 Å². The lowest BCUT2D eigenvalue weighted by molar-refractivity contribution is -0.123. The van der Waals surface area contributed by atoms with Crippen LogP contribution in [0.2, 0.25) is 0 Å². The van der Waals surface area contributed by atoms with Gasteiger partial charge < -0.3 is 15.1 Å². The number of fused-ring (bicyclic) bond motifs is 1. The molecule has 2 unspecified atom stereocenters. The summed E-state index contributed by atoms with van der Waals surface area (Å²) in [5.41, 5.74) is 3.71. The number of amides is 1. The van der Waals surface area contributed by atoms with Crippen molar-refractivity contribution in [1.29, 1.82) is 0 Å². The number of carbonyl (C=O) groups is 1. The standard InChI is InChI=1S/C24H31ClN4O/c1-4-20-22(29-12-9-18(25)15-21(29)27-20)23(30)26-16-17-5-7-19(8-6-17)28-13-10-24(2,3)11-14-28/h5-9,12,15,21-22H,4,10-11,13-14,16H2,1-3H3,(H,26,30). The molecule has 3 heterocycles. The zero-order chi connectivity index (χ0) is 21.3. The Labute approximate surface area is 184 Å². The van der Waals surface area contributed by atoms with E-state index in [1.165, 1.54) is 18.5 Å². The van der Waals surface area contributed by atoms with Crippen molar-refractivity contribution in [3.8, 4) is 0 Å². The van der Waals surface area contributed by atoms with E-state index in [0.29, 0.717) is 17.0 Å². The summed E-state index contributed by atoms with van der Waals surface area (Å²) in [5, 5.41) is 3.76. The molecule has 1 saturated heterocycles. The molecule has 1 fully saturated rings. The van der Waals surface area contributed by atoms with Gasteiger partial charge in [0.25, 0.3) is 0 Å². The molecule has 3 aliphatic rings. The van der Waals surface area contributed by atoms with Crippen LogP contribution in [0.5, 0.6) is 0 Å². The largest absolute Gasteiger partial charge is 0.371 e. The number of nitrogens with one attached hydrogen (secondary N) is 1. The Balaban J connectivity index is 1.35. The molecule has 0 radical (unpaired) electrons. The molecule has 30 heavy (non-hydrogen) atoms. The van der Waals surface area contributed by atoms with Crippen molar-refractivity contribution in [2.75, 3.05) is 18.0 Å². The monoisotopic (exact) mass is 426 g/mol. The zero-order valence-corrected chi connectivity index (χ0v) is 18.8. The molecular weight excluding hydrogens is 396 g/mol. The van der Waals surface area contributed by atoms with Gasteiger partial charge in [-0.15, -0.1) is 0 Å². The van der Waals surface area contributed by atoms with E-state index in [2.05, 4.69) is 53.3 Å². The van der Waals surface area contributed by atoms with Crippen LogP contribution >= 0.6 is 11.6 Å². The first-order valence-electron chi connectivity index (χ1n) is 10.9. The van der Waals surface area contributed by atoms with Crippen molar-refractivity contribution >= 4 is 28.9 Å². The molecule has 6 heteroatoms. The van der Waals surface area contributed by atoms with E-state index in [4.69, 9.17) is 11.6 Å². The van der Waals surface area contributed by atoms with E-state index in [0.717, 1.165) is 30.8 Å². The summed E-state index contributed by atoms with van der Waals surface area (Å²) < 4.78 is 0. The molecule has 0 spiro atoms. The highest BCUT2D eigenvalue weighted by Gasteiger charge is 2.38. The van der Waals surface area contributed by atoms with E-state index in [1.807, 2.05) is 30.2 Å². The van der Waals surface area contributed by atoms with Gasteiger partial charge in [0, 0.05) is 42.3 Å². The predicted octanol–water partition coefficient (Wildman–Crippen LogP) is 4.44. The fraction of sp³-hybridized carbons (Fsp3) is 0.500. The summed E-state index contributed by atoms with van der Waals surface area (Å²) in [6.45, 7) is 9.45. The van der Waals surface area contributed by atoms with Crippen LogP contribution in [0.1, 0.15) is 45.6 Å². The molecule has 3 aliphatic heterocycles. The van der Waals surface area contributed by atoms with Gasteiger partial charge in [0.05, 0.1) is 0 Å². The third kappa shape index (κ3) is 4.41. The Morgan fingerprint density at radius 1 is 1.23 bits per heavy atom. The van der Waals surface area contributed by atoms with E-state index < -0.39 is 0 Å². The summed E-state index contributed by atoms with van der Waals surface area (Å²) in [6, 6.07) is 8.21. The molecule has 0 aromatic heterocycles. The number of nitrogens with zero attached hydrogens (tertiary/aromatic N) is 3. The maximum absolute atomic E-state index is 13.0.